The molecule has 9 atom stereocenters. The number of hydrogen-bond acceptors (Lipinski definition) is 13. The Morgan fingerprint density at radius 2 is 1.79 bits per heavy atom. The largest absolute Gasteiger partial charge is 0.472 e. The summed E-state index contributed by atoms with van der Waals surface area (Å²) < 4.78 is 63.7. The average Bonchev–Trinajstić information content (AvgIpc) is 3.46. The van der Waals surface area contributed by atoms with E-state index in [0.29, 0.717) is 0 Å². The standard InChI is InChI=1S/C27H40FN6O12P/c1-13(2)42-12-17-15(22(41-5)25(44-17)34-9-7-19(35)32-27(34)38)10-20(36)30-11-16-23(46-47(39,40)45-14(3)4)21(28)24(43-16)33-8-6-18(29)31-26(33)37/h6-9,13-17,21-25H,10-12H2,1-5H3,(H,30,36)(H,39,40)(H2,29,31,37)(H,32,35,38)/t15?,16-,17-,21?,22?,23?,24-,25-/m1/s1. The van der Waals surface area contributed by atoms with Gasteiger partial charge in [0, 0.05) is 44.5 Å². The molecule has 0 saturated carbocycles. The van der Waals surface area contributed by atoms with E-state index < -0.39 is 92.3 Å². The molecule has 2 aromatic rings. The van der Waals surface area contributed by atoms with Gasteiger partial charge in [-0.15, -0.1) is 0 Å². The van der Waals surface area contributed by atoms with E-state index in [-0.39, 0.29) is 24.9 Å². The summed E-state index contributed by atoms with van der Waals surface area (Å²) in [5.41, 5.74) is 3.25. The molecular weight excluding hydrogens is 650 g/mol. The van der Waals surface area contributed by atoms with Crippen molar-refractivity contribution in [3.8, 4) is 0 Å². The van der Waals surface area contributed by atoms with Crippen LogP contribution < -0.4 is 28.0 Å². The van der Waals surface area contributed by atoms with Crippen LogP contribution in [0.3, 0.4) is 0 Å². The molecule has 2 aliphatic heterocycles. The number of carbonyl (C=O) groups is 1. The van der Waals surface area contributed by atoms with E-state index in [0.717, 1.165) is 21.4 Å². The number of ether oxygens (including phenoxy) is 4. The van der Waals surface area contributed by atoms with Crippen molar-refractivity contribution in [1.29, 1.82) is 0 Å². The van der Waals surface area contributed by atoms with Crippen LogP contribution in [0.4, 0.5) is 10.2 Å². The number of carbonyl (C=O) groups excluding carboxylic acids is 1. The lowest BCUT2D eigenvalue weighted by atomic mass is 9.93. The van der Waals surface area contributed by atoms with Crippen LogP contribution in [0.25, 0.3) is 0 Å². The zero-order valence-electron chi connectivity index (χ0n) is 26.4. The second kappa shape index (κ2) is 15.3. The van der Waals surface area contributed by atoms with Crippen LogP contribution in [0.1, 0.15) is 46.6 Å². The van der Waals surface area contributed by atoms with Gasteiger partial charge in [0.25, 0.3) is 5.56 Å². The molecular formula is C27H40FN6O12P. The van der Waals surface area contributed by atoms with Gasteiger partial charge in [-0.25, -0.2) is 18.5 Å². The number of amides is 1. The van der Waals surface area contributed by atoms with E-state index in [1.54, 1.807) is 0 Å². The lowest BCUT2D eigenvalue weighted by Gasteiger charge is -2.25. The van der Waals surface area contributed by atoms with E-state index in [1.807, 2.05) is 13.8 Å². The lowest BCUT2D eigenvalue weighted by Crippen LogP contribution is -2.42. The van der Waals surface area contributed by atoms with Crippen molar-refractivity contribution in [2.45, 2.75) is 89.4 Å². The SMILES string of the molecule is COC1C(CC(=O)NC[C@H]2O[C@@H](n3ccc(N)nc3=O)C(F)C2OP(=O)(O)OC(C)C)[C@@H](COC(C)C)O[C@H]1n1ccc(=O)[nH]c1=O. The number of halogens is 1. The first kappa shape index (κ1) is 36.5. The van der Waals surface area contributed by atoms with Crippen molar-refractivity contribution in [3.63, 3.8) is 0 Å². The molecule has 1 amide bonds. The minimum Gasteiger partial charge on any atom is -0.383 e. The Hall–Kier alpha value is -3.29. The fourth-order valence-electron chi connectivity index (χ4n) is 5.39. The van der Waals surface area contributed by atoms with Gasteiger partial charge in [-0.2, -0.15) is 4.98 Å². The van der Waals surface area contributed by atoms with Gasteiger partial charge in [0.15, 0.2) is 18.6 Å². The first-order valence-corrected chi connectivity index (χ1v) is 16.3. The van der Waals surface area contributed by atoms with Crippen molar-refractivity contribution in [2.24, 2.45) is 5.92 Å². The van der Waals surface area contributed by atoms with E-state index in [1.165, 1.54) is 33.2 Å². The number of nitrogens with zero attached hydrogens (tertiary/aromatic N) is 3. The summed E-state index contributed by atoms with van der Waals surface area (Å²) in [7, 11) is -3.43. The first-order chi connectivity index (χ1) is 22.1. The van der Waals surface area contributed by atoms with Crippen LogP contribution >= 0.6 is 7.82 Å². The van der Waals surface area contributed by atoms with Crippen LogP contribution in [0.15, 0.2) is 38.9 Å². The third-order valence-electron chi connectivity index (χ3n) is 7.40. The van der Waals surface area contributed by atoms with Gasteiger partial charge in [0.1, 0.15) is 24.1 Å². The number of nitrogens with one attached hydrogen (secondary N) is 2. The fourth-order valence-corrected chi connectivity index (χ4v) is 6.54. The molecule has 2 saturated heterocycles. The number of phosphoric ester groups is 1. The van der Waals surface area contributed by atoms with E-state index in [2.05, 4.69) is 15.3 Å². The Balaban J connectivity index is 1.53. The smallest absolute Gasteiger partial charge is 0.383 e. The molecule has 0 spiro atoms. The maximum atomic E-state index is 15.8. The van der Waals surface area contributed by atoms with Gasteiger partial charge in [-0.1, -0.05) is 0 Å². The molecule has 0 aromatic carbocycles. The maximum absolute atomic E-state index is 15.8. The van der Waals surface area contributed by atoms with Crippen molar-refractivity contribution < 1.29 is 46.6 Å². The topological polar surface area (TPSA) is 238 Å². The highest BCUT2D eigenvalue weighted by atomic mass is 31.2. The molecule has 0 aliphatic carbocycles. The third kappa shape index (κ3) is 8.99. The third-order valence-corrected chi connectivity index (χ3v) is 8.60. The summed E-state index contributed by atoms with van der Waals surface area (Å²) in [6.45, 7) is 6.20. The highest BCUT2D eigenvalue weighted by molar-refractivity contribution is 7.47. The second-order valence-corrected chi connectivity index (χ2v) is 12.9. The van der Waals surface area contributed by atoms with E-state index in [9.17, 15) is 28.6 Å². The van der Waals surface area contributed by atoms with E-state index in [4.69, 9.17) is 33.7 Å². The summed E-state index contributed by atoms with van der Waals surface area (Å²) in [6.07, 6.45) is -8.30. The minimum atomic E-state index is -4.81. The minimum absolute atomic E-state index is 0.0446. The molecule has 20 heteroatoms. The highest BCUT2D eigenvalue weighted by Gasteiger charge is 2.51. The van der Waals surface area contributed by atoms with Gasteiger partial charge in [0.2, 0.25) is 5.91 Å². The number of nitrogen functional groups attached to an aromatic ring is 1. The van der Waals surface area contributed by atoms with Gasteiger partial charge >= 0.3 is 19.2 Å². The van der Waals surface area contributed by atoms with Gasteiger partial charge in [0.05, 0.1) is 24.9 Å². The molecule has 262 valence electrons. The number of hydrogen-bond donors (Lipinski definition) is 4. The number of methoxy groups -OCH3 is 1. The summed E-state index contributed by atoms with van der Waals surface area (Å²) in [5, 5.41) is 2.61. The second-order valence-electron chi connectivity index (χ2n) is 11.6. The van der Waals surface area contributed by atoms with Crippen molar-refractivity contribution in [2.75, 3.05) is 26.0 Å². The Morgan fingerprint density at radius 1 is 1.11 bits per heavy atom. The number of phosphoric acid groups is 1. The number of aromatic nitrogens is 4. The first-order valence-electron chi connectivity index (χ1n) is 14.8. The predicted octanol–water partition coefficient (Wildman–Crippen LogP) is -0.0183. The van der Waals surface area contributed by atoms with Gasteiger partial charge in [-0.3, -0.25) is 32.8 Å². The monoisotopic (exact) mass is 690 g/mol. The molecule has 18 nitrogen and oxygen atoms in total. The van der Waals surface area contributed by atoms with Crippen LogP contribution in [0, 0.1) is 5.92 Å². The van der Waals surface area contributed by atoms with E-state index >= 15 is 4.39 Å². The van der Waals surface area contributed by atoms with Gasteiger partial charge in [-0.05, 0) is 33.8 Å². The number of alkyl halides is 1. The molecule has 4 rings (SSSR count). The highest BCUT2D eigenvalue weighted by Crippen LogP contribution is 2.49. The predicted molar refractivity (Wildman–Crippen MR) is 161 cm³/mol. The number of nitrogens with two attached hydrogens (primary N) is 1. The number of anilines is 1. The molecule has 47 heavy (non-hydrogen) atoms. The summed E-state index contributed by atoms with van der Waals surface area (Å²) >= 11 is 0. The summed E-state index contributed by atoms with van der Waals surface area (Å²) in [5.74, 6) is -1.36. The quantitative estimate of drug-likeness (QED) is 0.191. The molecule has 2 aromatic heterocycles. The molecule has 2 aliphatic rings. The summed E-state index contributed by atoms with van der Waals surface area (Å²) in [6, 6.07) is 2.39. The molecule has 4 heterocycles. The van der Waals surface area contributed by atoms with Crippen molar-refractivity contribution in [3.05, 3.63) is 55.8 Å². The number of aromatic amines is 1. The average molecular weight is 691 g/mol. The Labute approximate surface area is 267 Å². The normalized spacial score (nSPS) is 29.0. The number of H-pyrrole nitrogens is 1. The van der Waals surface area contributed by atoms with Crippen LogP contribution in [0.2, 0.25) is 0 Å². The molecule has 5 unspecified atom stereocenters. The van der Waals surface area contributed by atoms with Gasteiger partial charge < -0.3 is 34.9 Å². The molecule has 0 radical (unpaired) electrons. The molecule has 5 N–H and O–H groups in total. The molecule has 0 bridgehead atoms. The zero-order chi connectivity index (χ0) is 34.6. The number of rotatable bonds is 14. The van der Waals surface area contributed by atoms with Crippen LogP contribution in [0.5, 0.6) is 0 Å². The zero-order valence-corrected chi connectivity index (χ0v) is 27.3. The lowest BCUT2D eigenvalue weighted by molar-refractivity contribution is -0.124. The van der Waals surface area contributed by atoms with Crippen molar-refractivity contribution in [1.82, 2.24) is 24.4 Å². The fraction of sp³-hybridized carbons (Fsp3) is 0.667. The van der Waals surface area contributed by atoms with Crippen molar-refractivity contribution >= 4 is 19.5 Å². The van der Waals surface area contributed by atoms with Crippen LogP contribution in [-0.2, 0) is 37.4 Å². The Kier molecular flexibility index (Phi) is 11.9. The molecule has 2 fully saturated rings. The summed E-state index contributed by atoms with van der Waals surface area (Å²) in [4.78, 5) is 65.9. The maximum Gasteiger partial charge on any atom is 0.472 e. The Morgan fingerprint density at radius 3 is 2.40 bits per heavy atom. The Bertz CT molecular complexity index is 1620. The van der Waals surface area contributed by atoms with Crippen LogP contribution in [-0.4, -0.2) is 93.0 Å².